The summed E-state index contributed by atoms with van der Waals surface area (Å²) in [5, 5.41) is 11.6. The van der Waals surface area contributed by atoms with Crippen LogP contribution in [0.5, 0.6) is 0 Å². The number of hydrogen-bond acceptors (Lipinski definition) is 7. The molecule has 3 N–H and O–H groups in total. The zero-order valence-corrected chi connectivity index (χ0v) is 18.5. The van der Waals surface area contributed by atoms with E-state index in [1.165, 1.54) is 31.2 Å². The Bertz CT molecular complexity index is 1360. The summed E-state index contributed by atoms with van der Waals surface area (Å²) >= 11 is 0. The van der Waals surface area contributed by atoms with Crippen LogP contribution in [0.4, 0.5) is 16.3 Å². The van der Waals surface area contributed by atoms with Gasteiger partial charge in [0.25, 0.3) is 0 Å². The molecule has 1 aliphatic carbocycles. The number of aryl methyl sites for hydroxylation is 1. The molecule has 7 rings (SSSR count). The first kappa shape index (κ1) is 19.2. The number of nitrogens with zero attached hydrogens (tertiary/aromatic N) is 6. The van der Waals surface area contributed by atoms with Crippen LogP contribution in [0, 0.1) is 12.7 Å². The summed E-state index contributed by atoms with van der Waals surface area (Å²) in [5.41, 5.74) is 3.72. The molecular formula is C23H26FN9. The van der Waals surface area contributed by atoms with E-state index >= 15 is 0 Å². The van der Waals surface area contributed by atoms with E-state index in [1.54, 1.807) is 17.5 Å². The van der Waals surface area contributed by atoms with Crippen LogP contribution in [0.1, 0.15) is 48.6 Å². The minimum atomic E-state index is -0.281. The van der Waals surface area contributed by atoms with Crippen molar-refractivity contribution in [2.45, 2.75) is 57.2 Å². The normalized spacial score (nSPS) is 22.5. The standard InChI is InChI=1S/C23H26FN9/c1-12-2-7-17-20(19(12)24)29-18(28-17)9-25-22-31-23(32-10-14-5-6-15(11-32)27-14)30-21-16(13-3-4-13)8-26-33(21)22/h2,7-8,13-15,27H,3-6,9-11H2,1H3,(H,28,29)(H,25,30,31). The van der Waals surface area contributed by atoms with E-state index in [2.05, 4.69) is 30.6 Å². The summed E-state index contributed by atoms with van der Waals surface area (Å²) in [7, 11) is 0. The number of piperazine rings is 1. The van der Waals surface area contributed by atoms with E-state index in [0.29, 0.717) is 52.9 Å². The maximum Gasteiger partial charge on any atom is 0.230 e. The van der Waals surface area contributed by atoms with Crippen molar-refractivity contribution in [2.75, 3.05) is 23.3 Å². The number of aromatic amines is 1. The molecule has 2 saturated heterocycles. The lowest BCUT2D eigenvalue weighted by Gasteiger charge is -2.33. The van der Waals surface area contributed by atoms with Crippen molar-refractivity contribution in [1.29, 1.82) is 0 Å². The van der Waals surface area contributed by atoms with Crippen molar-refractivity contribution >= 4 is 28.6 Å². The van der Waals surface area contributed by atoms with E-state index in [0.717, 1.165) is 24.7 Å². The van der Waals surface area contributed by atoms with Crippen LogP contribution in [0.15, 0.2) is 18.3 Å². The molecule has 3 fully saturated rings. The van der Waals surface area contributed by atoms with Crippen LogP contribution < -0.4 is 15.5 Å². The molecule has 0 amide bonds. The summed E-state index contributed by atoms with van der Waals surface area (Å²) in [5.74, 6) is 2.29. The lowest BCUT2D eigenvalue weighted by molar-refractivity contribution is 0.460. The van der Waals surface area contributed by atoms with Gasteiger partial charge in [-0.15, -0.1) is 0 Å². The van der Waals surface area contributed by atoms with Crippen LogP contribution >= 0.6 is 0 Å². The molecule has 1 saturated carbocycles. The molecule has 2 unspecified atom stereocenters. The van der Waals surface area contributed by atoms with Crippen LogP contribution in [0.25, 0.3) is 16.7 Å². The molecule has 3 aromatic heterocycles. The molecule has 2 bridgehead atoms. The topological polar surface area (TPSA) is 99.1 Å². The minimum absolute atomic E-state index is 0.281. The number of anilines is 2. The second kappa shape index (κ2) is 7.11. The minimum Gasteiger partial charge on any atom is -0.347 e. The van der Waals surface area contributed by atoms with Crippen molar-refractivity contribution in [2.24, 2.45) is 0 Å². The van der Waals surface area contributed by atoms with Gasteiger partial charge in [0, 0.05) is 30.7 Å². The summed E-state index contributed by atoms with van der Waals surface area (Å²) in [4.78, 5) is 19.8. The van der Waals surface area contributed by atoms with Gasteiger partial charge >= 0.3 is 0 Å². The van der Waals surface area contributed by atoms with Gasteiger partial charge in [-0.25, -0.2) is 9.37 Å². The monoisotopic (exact) mass is 447 g/mol. The van der Waals surface area contributed by atoms with Gasteiger partial charge in [0.1, 0.15) is 11.3 Å². The van der Waals surface area contributed by atoms with Crippen LogP contribution in [-0.2, 0) is 6.54 Å². The Balaban J connectivity index is 1.24. The number of aromatic nitrogens is 6. The van der Waals surface area contributed by atoms with Crippen LogP contribution in [0.2, 0.25) is 0 Å². The number of nitrogens with one attached hydrogen (secondary N) is 3. The molecule has 9 nitrogen and oxygen atoms in total. The van der Waals surface area contributed by atoms with Gasteiger partial charge in [0.2, 0.25) is 11.9 Å². The molecule has 2 atom stereocenters. The second-order valence-electron chi connectivity index (χ2n) is 9.63. The van der Waals surface area contributed by atoms with E-state index < -0.39 is 0 Å². The van der Waals surface area contributed by atoms with Gasteiger partial charge < -0.3 is 20.5 Å². The SMILES string of the molecule is Cc1ccc2[nH]c(CNc3nc(N4CC5CCC(C4)N5)nc4c(C5CC5)cnn34)nc2c1F. The maximum absolute atomic E-state index is 14.4. The number of H-pyrrole nitrogens is 1. The van der Waals surface area contributed by atoms with Gasteiger partial charge in [-0.2, -0.15) is 19.6 Å². The first-order valence-electron chi connectivity index (χ1n) is 11.8. The van der Waals surface area contributed by atoms with Crippen LogP contribution in [-0.4, -0.2) is 54.7 Å². The first-order valence-corrected chi connectivity index (χ1v) is 11.8. The molecule has 2 aliphatic heterocycles. The fraction of sp³-hybridized carbons (Fsp3) is 0.478. The molecule has 5 heterocycles. The number of benzene rings is 1. The maximum atomic E-state index is 14.4. The van der Waals surface area contributed by atoms with Crippen LogP contribution in [0.3, 0.4) is 0 Å². The van der Waals surface area contributed by atoms with Gasteiger partial charge in [-0.3, -0.25) is 0 Å². The Morgan fingerprint density at radius 3 is 2.70 bits per heavy atom. The average molecular weight is 448 g/mol. The average Bonchev–Trinajstić information content (AvgIpc) is 3.28. The lowest BCUT2D eigenvalue weighted by atomic mass is 10.2. The highest BCUT2D eigenvalue weighted by atomic mass is 19.1. The molecule has 1 aromatic carbocycles. The highest BCUT2D eigenvalue weighted by Gasteiger charge is 2.34. The number of fused-ring (bicyclic) bond motifs is 4. The van der Waals surface area contributed by atoms with Gasteiger partial charge in [-0.05, 0) is 50.2 Å². The highest BCUT2D eigenvalue weighted by molar-refractivity contribution is 5.76. The second-order valence-corrected chi connectivity index (χ2v) is 9.63. The first-order chi connectivity index (χ1) is 16.1. The van der Waals surface area contributed by atoms with Gasteiger partial charge in [-0.1, -0.05) is 6.07 Å². The third kappa shape index (κ3) is 3.23. The van der Waals surface area contributed by atoms with E-state index in [-0.39, 0.29) is 5.82 Å². The number of halogens is 1. The van der Waals surface area contributed by atoms with Crippen molar-refractivity contribution in [3.63, 3.8) is 0 Å². The summed E-state index contributed by atoms with van der Waals surface area (Å²) < 4.78 is 16.2. The smallest absolute Gasteiger partial charge is 0.230 e. The van der Waals surface area contributed by atoms with Crippen molar-refractivity contribution in [3.8, 4) is 0 Å². The van der Waals surface area contributed by atoms with E-state index in [4.69, 9.17) is 9.97 Å². The van der Waals surface area contributed by atoms with E-state index in [1.807, 2.05) is 12.3 Å². The Kier molecular flexibility index (Phi) is 4.14. The Morgan fingerprint density at radius 2 is 1.91 bits per heavy atom. The predicted molar refractivity (Wildman–Crippen MR) is 123 cm³/mol. The van der Waals surface area contributed by atoms with Crippen molar-refractivity contribution in [1.82, 2.24) is 34.9 Å². The largest absolute Gasteiger partial charge is 0.347 e. The molecule has 0 spiro atoms. The molecule has 33 heavy (non-hydrogen) atoms. The molecule has 10 heteroatoms. The Morgan fingerprint density at radius 1 is 1.09 bits per heavy atom. The highest BCUT2D eigenvalue weighted by Crippen LogP contribution is 2.42. The van der Waals surface area contributed by atoms with Crippen molar-refractivity contribution in [3.05, 3.63) is 41.1 Å². The molecular weight excluding hydrogens is 421 g/mol. The van der Waals surface area contributed by atoms with E-state index in [9.17, 15) is 4.39 Å². The number of imidazole rings is 1. The predicted octanol–water partition coefficient (Wildman–Crippen LogP) is 2.88. The molecule has 170 valence electrons. The number of rotatable bonds is 5. The third-order valence-corrected chi connectivity index (χ3v) is 7.15. The zero-order valence-electron chi connectivity index (χ0n) is 18.5. The Labute approximate surface area is 189 Å². The molecule has 4 aromatic rings. The molecule has 0 radical (unpaired) electrons. The summed E-state index contributed by atoms with van der Waals surface area (Å²) in [6.07, 6.45) is 6.71. The summed E-state index contributed by atoms with van der Waals surface area (Å²) in [6.45, 7) is 3.96. The van der Waals surface area contributed by atoms with Gasteiger partial charge in [0.05, 0.1) is 18.3 Å². The quantitative estimate of drug-likeness (QED) is 0.433. The lowest BCUT2D eigenvalue weighted by Crippen LogP contribution is -2.51. The fourth-order valence-electron chi connectivity index (χ4n) is 5.22. The van der Waals surface area contributed by atoms with Gasteiger partial charge in [0.15, 0.2) is 11.5 Å². The fourth-order valence-corrected chi connectivity index (χ4v) is 5.22. The summed E-state index contributed by atoms with van der Waals surface area (Å²) in [6, 6.07) is 4.62. The van der Waals surface area contributed by atoms with Crippen molar-refractivity contribution < 1.29 is 4.39 Å². The Hall–Kier alpha value is -3.27. The third-order valence-electron chi connectivity index (χ3n) is 7.15. The zero-order chi connectivity index (χ0) is 22.1. The number of hydrogen-bond donors (Lipinski definition) is 3. The molecule has 3 aliphatic rings.